The molecule has 0 fully saturated rings. The van der Waals surface area contributed by atoms with Crippen molar-refractivity contribution in [1.29, 1.82) is 0 Å². The molecule has 5 nitrogen and oxygen atoms in total. The third-order valence-corrected chi connectivity index (χ3v) is 4.97. The Kier molecular flexibility index (Phi) is 4.46. The molecule has 5 heteroatoms. The standard InChI is InChI=1S/C24H23N3O2/c1-15-21(23(29)17-12-8-9-13-18(17)28)22(16-10-6-5-7-11-16)27-20(25-15)14-19(26-27)24(2,3)4/h5-14,28H,1-4H3. The van der Waals surface area contributed by atoms with Crippen molar-refractivity contribution in [3.63, 3.8) is 0 Å². The second kappa shape index (κ2) is 6.85. The molecule has 0 spiro atoms. The molecule has 4 aromatic rings. The number of phenols is 1. The van der Waals surface area contributed by atoms with Crippen molar-refractivity contribution < 1.29 is 9.90 Å². The number of para-hydroxylation sites is 1. The number of benzene rings is 2. The molecular formula is C24H23N3O2. The van der Waals surface area contributed by atoms with E-state index in [0.717, 1.165) is 11.3 Å². The van der Waals surface area contributed by atoms with E-state index in [1.54, 1.807) is 22.7 Å². The number of rotatable bonds is 3. The summed E-state index contributed by atoms with van der Waals surface area (Å²) in [6.07, 6.45) is 0. The molecule has 0 radical (unpaired) electrons. The van der Waals surface area contributed by atoms with Crippen LogP contribution in [-0.2, 0) is 5.41 Å². The van der Waals surface area contributed by atoms with Gasteiger partial charge in [-0.3, -0.25) is 4.79 Å². The Hall–Kier alpha value is -3.47. The lowest BCUT2D eigenvalue weighted by molar-refractivity contribution is 0.103. The van der Waals surface area contributed by atoms with Gasteiger partial charge in [-0.2, -0.15) is 5.10 Å². The second-order valence-electron chi connectivity index (χ2n) is 8.18. The molecule has 0 aliphatic rings. The molecule has 2 aromatic carbocycles. The average Bonchev–Trinajstić information content (AvgIpc) is 3.11. The molecule has 0 saturated carbocycles. The van der Waals surface area contributed by atoms with Crippen LogP contribution in [0.25, 0.3) is 16.9 Å². The zero-order valence-electron chi connectivity index (χ0n) is 17.0. The van der Waals surface area contributed by atoms with Gasteiger partial charge in [0, 0.05) is 17.0 Å². The second-order valence-corrected chi connectivity index (χ2v) is 8.18. The van der Waals surface area contributed by atoms with Crippen molar-refractivity contribution in [3.05, 3.63) is 83.2 Å². The van der Waals surface area contributed by atoms with Crippen LogP contribution in [0.15, 0.2) is 60.7 Å². The normalized spacial score (nSPS) is 11.7. The number of aromatic nitrogens is 3. The highest BCUT2D eigenvalue weighted by Gasteiger charge is 2.26. The number of hydrogen-bond acceptors (Lipinski definition) is 4. The van der Waals surface area contributed by atoms with Crippen LogP contribution in [0, 0.1) is 6.92 Å². The zero-order chi connectivity index (χ0) is 20.8. The van der Waals surface area contributed by atoms with E-state index in [1.165, 1.54) is 6.07 Å². The minimum atomic E-state index is -0.276. The van der Waals surface area contributed by atoms with Gasteiger partial charge < -0.3 is 5.11 Å². The summed E-state index contributed by atoms with van der Waals surface area (Å²) in [4.78, 5) is 18.2. The van der Waals surface area contributed by atoms with Crippen molar-refractivity contribution >= 4 is 11.4 Å². The van der Waals surface area contributed by atoms with Gasteiger partial charge in [0.1, 0.15) is 5.75 Å². The molecule has 146 valence electrons. The van der Waals surface area contributed by atoms with Crippen LogP contribution >= 0.6 is 0 Å². The molecule has 0 aliphatic heterocycles. The lowest BCUT2D eigenvalue weighted by Crippen LogP contribution is -2.14. The van der Waals surface area contributed by atoms with Crippen LogP contribution < -0.4 is 0 Å². The van der Waals surface area contributed by atoms with Gasteiger partial charge in [-0.25, -0.2) is 9.50 Å². The Morgan fingerprint density at radius 2 is 1.66 bits per heavy atom. The molecule has 2 aromatic heterocycles. The van der Waals surface area contributed by atoms with Gasteiger partial charge in [-0.15, -0.1) is 0 Å². The SMILES string of the molecule is Cc1nc2cc(C(C)(C)C)nn2c(-c2ccccc2)c1C(=O)c1ccccc1O. The number of ketones is 1. The van der Waals surface area contributed by atoms with E-state index in [9.17, 15) is 9.90 Å². The first kappa shape index (κ1) is 18.9. The van der Waals surface area contributed by atoms with Crippen LogP contribution in [0.4, 0.5) is 0 Å². The monoisotopic (exact) mass is 385 g/mol. The van der Waals surface area contributed by atoms with Gasteiger partial charge in [0.25, 0.3) is 0 Å². The third-order valence-electron chi connectivity index (χ3n) is 4.97. The molecule has 4 rings (SSSR count). The van der Waals surface area contributed by atoms with E-state index < -0.39 is 0 Å². The number of hydrogen-bond donors (Lipinski definition) is 1. The van der Waals surface area contributed by atoms with E-state index in [0.29, 0.717) is 22.6 Å². The number of nitrogens with zero attached hydrogens (tertiary/aromatic N) is 3. The molecule has 0 amide bonds. The first-order valence-electron chi connectivity index (χ1n) is 9.56. The summed E-state index contributed by atoms with van der Waals surface area (Å²) < 4.78 is 1.75. The Bertz CT molecular complexity index is 1220. The molecule has 2 heterocycles. The van der Waals surface area contributed by atoms with Gasteiger partial charge >= 0.3 is 0 Å². The number of carbonyl (C=O) groups is 1. The highest BCUT2D eigenvalue weighted by atomic mass is 16.3. The molecule has 0 aliphatic carbocycles. The first-order valence-corrected chi connectivity index (χ1v) is 9.56. The van der Waals surface area contributed by atoms with Gasteiger partial charge in [0.2, 0.25) is 5.78 Å². The fraction of sp³-hybridized carbons (Fsp3) is 0.208. The minimum absolute atomic E-state index is 0.0492. The predicted molar refractivity (Wildman–Crippen MR) is 113 cm³/mol. The Morgan fingerprint density at radius 3 is 2.31 bits per heavy atom. The van der Waals surface area contributed by atoms with Crippen LogP contribution in [0.2, 0.25) is 0 Å². The van der Waals surface area contributed by atoms with E-state index >= 15 is 0 Å². The lowest BCUT2D eigenvalue weighted by atomic mass is 9.93. The average molecular weight is 385 g/mol. The maximum absolute atomic E-state index is 13.5. The van der Waals surface area contributed by atoms with Crippen LogP contribution in [-0.4, -0.2) is 25.5 Å². The summed E-state index contributed by atoms with van der Waals surface area (Å²) in [7, 11) is 0. The number of phenolic OH excluding ortho intramolecular Hbond substituents is 1. The summed E-state index contributed by atoms with van der Waals surface area (Å²) in [5.74, 6) is -0.325. The van der Waals surface area contributed by atoms with Gasteiger partial charge in [-0.1, -0.05) is 63.2 Å². The first-order chi connectivity index (χ1) is 13.8. The fourth-order valence-electron chi connectivity index (χ4n) is 3.42. The lowest BCUT2D eigenvalue weighted by Gasteiger charge is -2.15. The van der Waals surface area contributed by atoms with E-state index in [1.807, 2.05) is 43.3 Å². The molecule has 0 saturated heterocycles. The van der Waals surface area contributed by atoms with E-state index in [4.69, 9.17) is 5.10 Å². The molecule has 0 atom stereocenters. The van der Waals surface area contributed by atoms with Crippen LogP contribution in [0.5, 0.6) is 5.75 Å². The number of aryl methyl sites for hydroxylation is 1. The maximum atomic E-state index is 13.5. The van der Waals surface area contributed by atoms with E-state index in [-0.39, 0.29) is 22.5 Å². The Morgan fingerprint density at radius 1 is 1.00 bits per heavy atom. The topological polar surface area (TPSA) is 67.5 Å². The van der Waals surface area contributed by atoms with E-state index in [2.05, 4.69) is 25.8 Å². The zero-order valence-corrected chi connectivity index (χ0v) is 17.0. The van der Waals surface area contributed by atoms with Crippen LogP contribution in [0.1, 0.15) is 48.1 Å². The van der Waals surface area contributed by atoms with Crippen molar-refractivity contribution in [1.82, 2.24) is 14.6 Å². The van der Waals surface area contributed by atoms with Crippen LogP contribution in [0.3, 0.4) is 0 Å². The maximum Gasteiger partial charge on any atom is 0.200 e. The molecule has 0 bridgehead atoms. The quantitative estimate of drug-likeness (QED) is 0.507. The predicted octanol–water partition coefficient (Wildman–Crippen LogP) is 4.94. The van der Waals surface area contributed by atoms with Crippen molar-refractivity contribution in [2.75, 3.05) is 0 Å². The third kappa shape index (κ3) is 3.29. The van der Waals surface area contributed by atoms with Crippen molar-refractivity contribution in [2.24, 2.45) is 0 Å². The number of aromatic hydroxyl groups is 1. The fourth-order valence-corrected chi connectivity index (χ4v) is 3.42. The summed E-state index contributed by atoms with van der Waals surface area (Å²) in [5.41, 5.74) is 4.27. The minimum Gasteiger partial charge on any atom is -0.507 e. The largest absolute Gasteiger partial charge is 0.507 e. The Labute approximate surface area is 169 Å². The highest BCUT2D eigenvalue weighted by Crippen LogP contribution is 2.32. The summed E-state index contributed by atoms with van der Waals surface area (Å²) in [6.45, 7) is 8.11. The summed E-state index contributed by atoms with van der Waals surface area (Å²) >= 11 is 0. The van der Waals surface area contributed by atoms with Gasteiger partial charge in [-0.05, 0) is 19.1 Å². The number of fused-ring (bicyclic) bond motifs is 1. The molecule has 0 unspecified atom stereocenters. The molecule has 1 N–H and O–H groups in total. The number of carbonyl (C=O) groups excluding carboxylic acids is 1. The van der Waals surface area contributed by atoms with Crippen molar-refractivity contribution in [3.8, 4) is 17.0 Å². The highest BCUT2D eigenvalue weighted by molar-refractivity contribution is 6.14. The summed E-state index contributed by atoms with van der Waals surface area (Å²) in [6, 6.07) is 18.2. The smallest absolute Gasteiger partial charge is 0.200 e. The van der Waals surface area contributed by atoms with Gasteiger partial charge in [0.15, 0.2) is 5.65 Å². The molecule has 29 heavy (non-hydrogen) atoms. The molecular weight excluding hydrogens is 362 g/mol. The Balaban J connectivity index is 2.07. The van der Waals surface area contributed by atoms with Gasteiger partial charge in [0.05, 0.1) is 28.2 Å². The summed E-state index contributed by atoms with van der Waals surface area (Å²) in [5, 5.41) is 15.1. The van der Waals surface area contributed by atoms with Crippen molar-refractivity contribution in [2.45, 2.75) is 33.1 Å².